The number of carbonyl (C=O) groups is 1. The van der Waals surface area contributed by atoms with Crippen LogP contribution in [0, 0.1) is 21.4 Å². The minimum absolute atomic E-state index is 0.0351. The van der Waals surface area contributed by atoms with Gasteiger partial charge < -0.3 is 5.32 Å². The van der Waals surface area contributed by atoms with Crippen molar-refractivity contribution in [2.45, 2.75) is 19.8 Å². The van der Waals surface area contributed by atoms with Crippen molar-refractivity contribution < 1.29 is 9.72 Å². The van der Waals surface area contributed by atoms with Crippen LogP contribution in [0.15, 0.2) is 42.0 Å². The number of nitro groups is 1. The van der Waals surface area contributed by atoms with Crippen molar-refractivity contribution in [1.82, 2.24) is 0 Å². The molecule has 0 aromatic heterocycles. The maximum atomic E-state index is 12.4. The van der Waals surface area contributed by atoms with Crippen LogP contribution in [-0.2, 0) is 4.79 Å². The number of hydrogen-bond acceptors (Lipinski definition) is 4. The number of anilines is 1. The number of amides is 1. The van der Waals surface area contributed by atoms with Crippen molar-refractivity contribution in [3.05, 3.63) is 73.3 Å². The normalized spacial score (nSPS) is 11.2. The summed E-state index contributed by atoms with van der Waals surface area (Å²) in [5, 5.41) is 23.5. The number of halogens is 2. The molecule has 0 saturated heterocycles. The molecule has 0 bridgehead atoms. The van der Waals surface area contributed by atoms with Crippen LogP contribution in [0.2, 0.25) is 10.0 Å². The monoisotopic (exact) mass is 403 g/mol. The van der Waals surface area contributed by atoms with Crippen molar-refractivity contribution in [3.8, 4) is 6.07 Å². The summed E-state index contributed by atoms with van der Waals surface area (Å²) in [6, 6.07) is 11.1. The lowest BCUT2D eigenvalue weighted by Gasteiger charge is -2.08. The number of nitrogens with zero attached hydrogens (tertiary/aromatic N) is 2. The zero-order chi connectivity index (χ0) is 20.1. The molecule has 0 fully saturated rings. The second-order valence-electron chi connectivity index (χ2n) is 5.96. The highest BCUT2D eigenvalue weighted by Crippen LogP contribution is 2.30. The number of nitrogens with one attached hydrogen (secondary N) is 1. The minimum atomic E-state index is -0.697. The van der Waals surface area contributed by atoms with E-state index in [4.69, 9.17) is 23.2 Å². The van der Waals surface area contributed by atoms with Crippen LogP contribution in [0.5, 0.6) is 0 Å². The molecular formula is C19H15Cl2N3O3. The average molecular weight is 404 g/mol. The molecule has 2 rings (SSSR count). The average Bonchev–Trinajstić information content (AvgIpc) is 2.63. The van der Waals surface area contributed by atoms with Gasteiger partial charge in [0.2, 0.25) is 0 Å². The fraction of sp³-hybridized carbons (Fsp3) is 0.158. The molecule has 0 heterocycles. The third kappa shape index (κ3) is 4.85. The van der Waals surface area contributed by atoms with E-state index in [2.05, 4.69) is 5.32 Å². The van der Waals surface area contributed by atoms with E-state index in [1.807, 2.05) is 13.8 Å². The third-order valence-electron chi connectivity index (χ3n) is 3.75. The molecule has 0 spiro atoms. The summed E-state index contributed by atoms with van der Waals surface area (Å²) in [7, 11) is 0. The van der Waals surface area contributed by atoms with Gasteiger partial charge in [0.15, 0.2) is 0 Å². The number of benzene rings is 2. The Hall–Kier alpha value is -2.88. The maximum Gasteiger partial charge on any atom is 0.273 e. The van der Waals surface area contributed by atoms with E-state index in [-0.39, 0.29) is 32.9 Å². The molecule has 0 aliphatic heterocycles. The van der Waals surface area contributed by atoms with Crippen LogP contribution >= 0.6 is 23.2 Å². The van der Waals surface area contributed by atoms with E-state index < -0.39 is 10.8 Å². The Morgan fingerprint density at radius 3 is 2.59 bits per heavy atom. The minimum Gasteiger partial charge on any atom is -0.320 e. The molecule has 138 valence electrons. The van der Waals surface area contributed by atoms with Gasteiger partial charge in [-0.3, -0.25) is 14.9 Å². The lowest BCUT2D eigenvalue weighted by atomic mass is 9.98. The quantitative estimate of drug-likeness (QED) is 0.305. The Morgan fingerprint density at radius 1 is 1.30 bits per heavy atom. The Balaban J connectivity index is 2.37. The van der Waals surface area contributed by atoms with Gasteiger partial charge in [0, 0.05) is 11.6 Å². The Kier molecular flexibility index (Phi) is 6.56. The molecule has 2 aromatic carbocycles. The zero-order valence-corrected chi connectivity index (χ0v) is 16.0. The Bertz CT molecular complexity index is 979. The first-order valence-electron chi connectivity index (χ1n) is 7.90. The SMILES string of the molecule is CC(C)c1ccc(/C=C(\C#N)C(=O)Nc2cccc(Cl)c2Cl)cc1[N+](=O)[O-]. The van der Waals surface area contributed by atoms with Gasteiger partial charge in [-0.05, 0) is 29.7 Å². The van der Waals surface area contributed by atoms with Gasteiger partial charge in [0.25, 0.3) is 11.6 Å². The molecule has 0 aliphatic rings. The van der Waals surface area contributed by atoms with E-state index in [1.54, 1.807) is 36.4 Å². The molecule has 0 saturated carbocycles. The van der Waals surface area contributed by atoms with Gasteiger partial charge in [-0.15, -0.1) is 0 Å². The third-order valence-corrected chi connectivity index (χ3v) is 4.57. The summed E-state index contributed by atoms with van der Waals surface area (Å²) in [5.74, 6) is -0.732. The topological polar surface area (TPSA) is 96.0 Å². The van der Waals surface area contributed by atoms with Crippen LogP contribution in [0.3, 0.4) is 0 Å². The van der Waals surface area contributed by atoms with E-state index >= 15 is 0 Å². The maximum absolute atomic E-state index is 12.4. The van der Waals surface area contributed by atoms with Crippen LogP contribution in [-0.4, -0.2) is 10.8 Å². The van der Waals surface area contributed by atoms with Crippen molar-refractivity contribution in [2.75, 3.05) is 5.32 Å². The number of nitriles is 1. The number of rotatable bonds is 5. The molecule has 1 N–H and O–H groups in total. The molecule has 1 amide bonds. The van der Waals surface area contributed by atoms with Gasteiger partial charge in [-0.25, -0.2) is 0 Å². The standard InChI is InChI=1S/C19H15Cl2N3O3/c1-11(2)14-7-6-12(9-17(14)24(26)27)8-13(10-22)19(25)23-16-5-3-4-15(20)18(16)21/h3-9,11H,1-2H3,(H,23,25)/b13-8+. The van der Waals surface area contributed by atoms with Gasteiger partial charge >= 0.3 is 0 Å². The highest BCUT2D eigenvalue weighted by molar-refractivity contribution is 6.44. The lowest BCUT2D eigenvalue weighted by Crippen LogP contribution is -2.13. The second kappa shape index (κ2) is 8.67. The predicted molar refractivity (Wildman–Crippen MR) is 106 cm³/mol. The second-order valence-corrected chi connectivity index (χ2v) is 6.74. The largest absolute Gasteiger partial charge is 0.320 e. The first-order chi connectivity index (χ1) is 12.7. The van der Waals surface area contributed by atoms with E-state index in [9.17, 15) is 20.2 Å². The van der Waals surface area contributed by atoms with E-state index in [1.165, 1.54) is 12.1 Å². The highest BCUT2D eigenvalue weighted by Gasteiger charge is 2.18. The molecule has 8 heteroatoms. The van der Waals surface area contributed by atoms with Crippen molar-refractivity contribution in [2.24, 2.45) is 0 Å². The van der Waals surface area contributed by atoms with Crippen LogP contribution in [0.1, 0.15) is 30.9 Å². The van der Waals surface area contributed by atoms with Crippen LogP contribution < -0.4 is 5.32 Å². The molecule has 27 heavy (non-hydrogen) atoms. The Morgan fingerprint density at radius 2 is 2.00 bits per heavy atom. The highest BCUT2D eigenvalue weighted by atomic mass is 35.5. The summed E-state index contributed by atoms with van der Waals surface area (Å²) in [6.07, 6.45) is 1.28. The van der Waals surface area contributed by atoms with Gasteiger partial charge in [-0.2, -0.15) is 5.26 Å². The predicted octanol–water partition coefficient (Wildman–Crippen LogP) is 5.57. The molecule has 0 unspecified atom stereocenters. The molecule has 0 atom stereocenters. The van der Waals surface area contributed by atoms with Crippen LogP contribution in [0.25, 0.3) is 6.08 Å². The molecule has 6 nitrogen and oxygen atoms in total. The molecule has 0 radical (unpaired) electrons. The first-order valence-corrected chi connectivity index (χ1v) is 8.65. The smallest absolute Gasteiger partial charge is 0.273 e. The number of carbonyl (C=O) groups excluding carboxylic acids is 1. The van der Waals surface area contributed by atoms with E-state index in [0.717, 1.165) is 0 Å². The lowest BCUT2D eigenvalue weighted by molar-refractivity contribution is -0.385. The summed E-state index contributed by atoms with van der Waals surface area (Å²) in [5.41, 5.74) is 0.921. The first kappa shape index (κ1) is 20.4. The number of hydrogen-bond donors (Lipinski definition) is 1. The Labute approximate surface area is 166 Å². The fourth-order valence-electron chi connectivity index (χ4n) is 2.40. The summed E-state index contributed by atoms with van der Waals surface area (Å²) in [6.45, 7) is 3.70. The molecule has 0 aliphatic carbocycles. The fourth-order valence-corrected chi connectivity index (χ4v) is 2.75. The summed E-state index contributed by atoms with van der Waals surface area (Å²) in [4.78, 5) is 23.2. The zero-order valence-electron chi connectivity index (χ0n) is 14.5. The van der Waals surface area contributed by atoms with Crippen molar-refractivity contribution in [1.29, 1.82) is 5.26 Å². The summed E-state index contributed by atoms with van der Waals surface area (Å²) >= 11 is 11.9. The molecular weight excluding hydrogens is 389 g/mol. The van der Waals surface area contributed by atoms with Gasteiger partial charge in [-0.1, -0.05) is 55.2 Å². The summed E-state index contributed by atoms with van der Waals surface area (Å²) < 4.78 is 0. The van der Waals surface area contributed by atoms with Crippen molar-refractivity contribution >= 4 is 46.6 Å². The van der Waals surface area contributed by atoms with Crippen LogP contribution in [0.4, 0.5) is 11.4 Å². The van der Waals surface area contributed by atoms with Gasteiger partial charge in [0.05, 0.1) is 20.7 Å². The van der Waals surface area contributed by atoms with Crippen molar-refractivity contribution in [3.63, 3.8) is 0 Å². The van der Waals surface area contributed by atoms with Gasteiger partial charge in [0.1, 0.15) is 11.6 Å². The molecule has 2 aromatic rings. The van der Waals surface area contributed by atoms with E-state index in [0.29, 0.717) is 11.1 Å². The number of nitro benzene ring substituents is 1.